The van der Waals surface area contributed by atoms with Gasteiger partial charge in [0.2, 0.25) is 0 Å². The summed E-state index contributed by atoms with van der Waals surface area (Å²) in [6, 6.07) is 9.43. The predicted octanol–water partition coefficient (Wildman–Crippen LogP) is 3.11. The number of benzene rings is 1. The Morgan fingerprint density at radius 1 is 1.33 bits per heavy atom. The molecule has 146 valence electrons. The van der Waals surface area contributed by atoms with Gasteiger partial charge in [-0.3, -0.25) is 9.63 Å². The van der Waals surface area contributed by atoms with Crippen molar-refractivity contribution in [3.05, 3.63) is 53.0 Å². The van der Waals surface area contributed by atoms with Crippen molar-refractivity contribution in [1.29, 1.82) is 5.26 Å². The number of hydrogen-bond donors (Lipinski definition) is 3. The molecule has 3 N–H and O–H groups in total. The van der Waals surface area contributed by atoms with E-state index in [1.807, 2.05) is 19.9 Å². The minimum Gasteiger partial charge on any atom is -0.394 e. The topological polar surface area (TPSA) is 107 Å². The van der Waals surface area contributed by atoms with Crippen LogP contribution in [-0.4, -0.2) is 36.6 Å². The van der Waals surface area contributed by atoms with Crippen LogP contribution in [0, 0.1) is 24.1 Å². The van der Waals surface area contributed by atoms with Crippen LogP contribution in [0.3, 0.4) is 0 Å². The number of carbonyl (C=O) groups is 1. The zero-order chi connectivity index (χ0) is 20.7. The summed E-state index contributed by atoms with van der Waals surface area (Å²) < 4.78 is 13.7. The standard InChI is InChI=1S/C14H10FN3O.C3H9NO2.C2H6/c1-9-2-5-13(12(15)6-9)18-14-10(8-19)3-4-11(7-16)17-14;1-4-6-3-2-5;1-2/h2-6,8H,1H3,(H,17,18);4-5H,2-3H2,1H3;1-2H3. The summed E-state index contributed by atoms with van der Waals surface area (Å²) >= 11 is 0. The van der Waals surface area contributed by atoms with Crippen LogP contribution in [0.25, 0.3) is 0 Å². The van der Waals surface area contributed by atoms with Gasteiger partial charge in [-0.15, -0.1) is 0 Å². The Bertz CT molecular complexity index is 744. The van der Waals surface area contributed by atoms with Crippen LogP contribution in [0.4, 0.5) is 15.9 Å². The van der Waals surface area contributed by atoms with E-state index < -0.39 is 5.82 Å². The first-order valence-corrected chi connectivity index (χ1v) is 8.34. The molecule has 1 aromatic heterocycles. The molecule has 1 aromatic carbocycles. The van der Waals surface area contributed by atoms with E-state index >= 15 is 0 Å². The minimum absolute atomic E-state index is 0.0703. The van der Waals surface area contributed by atoms with E-state index in [2.05, 4.69) is 20.6 Å². The van der Waals surface area contributed by atoms with Gasteiger partial charge in [0.15, 0.2) is 6.29 Å². The molecule has 0 atom stereocenters. The van der Waals surface area contributed by atoms with E-state index in [1.54, 1.807) is 26.1 Å². The van der Waals surface area contributed by atoms with Crippen LogP contribution in [0.15, 0.2) is 30.3 Å². The zero-order valence-electron chi connectivity index (χ0n) is 15.9. The molecule has 0 amide bonds. The Labute approximate surface area is 158 Å². The lowest BCUT2D eigenvalue weighted by Crippen LogP contribution is -2.10. The Morgan fingerprint density at radius 2 is 2.04 bits per heavy atom. The number of hydroxylamine groups is 1. The third-order valence-corrected chi connectivity index (χ3v) is 2.88. The monoisotopic (exact) mass is 376 g/mol. The van der Waals surface area contributed by atoms with Crippen molar-refractivity contribution in [2.24, 2.45) is 0 Å². The zero-order valence-corrected chi connectivity index (χ0v) is 15.9. The number of rotatable bonds is 6. The molecule has 8 heteroatoms. The number of halogens is 1. The second-order valence-electron chi connectivity index (χ2n) is 4.75. The van der Waals surface area contributed by atoms with Crippen molar-refractivity contribution in [2.45, 2.75) is 20.8 Å². The lowest BCUT2D eigenvalue weighted by atomic mass is 10.2. The van der Waals surface area contributed by atoms with Crippen LogP contribution in [0.1, 0.15) is 35.5 Å². The van der Waals surface area contributed by atoms with E-state index in [9.17, 15) is 9.18 Å². The first-order chi connectivity index (χ1) is 13.0. The number of nitrogens with zero attached hydrogens (tertiary/aromatic N) is 2. The molecular weight excluding hydrogens is 351 g/mol. The first-order valence-electron chi connectivity index (χ1n) is 8.34. The van der Waals surface area contributed by atoms with Crippen molar-refractivity contribution in [2.75, 3.05) is 25.6 Å². The maximum absolute atomic E-state index is 13.7. The van der Waals surface area contributed by atoms with Gasteiger partial charge in [-0.2, -0.15) is 5.26 Å². The van der Waals surface area contributed by atoms with Gasteiger partial charge in [0, 0.05) is 7.05 Å². The molecule has 2 aromatic rings. The molecule has 1 heterocycles. The van der Waals surface area contributed by atoms with Crippen molar-refractivity contribution in [1.82, 2.24) is 10.5 Å². The molecule has 0 spiro atoms. The number of aryl methyl sites for hydroxylation is 1. The van der Waals surface area contributed by atoms with Gasteiger partial charge in [0.25, 0.3) is 0 Å². The van der Waals surface area contributed by atoms with Gasteiger partial charge in [-0.1, -0.05) is 19.9 Å². The Hall–Kier alpha value is -2.86. The molecule has 0 unspecified atom stereocenters. The maximum atomic E-state index is 13.7. The molecule has 0 aliphatic heterocycles. The quantitative estimate of drug-likeness (QED) is 0.404. The maximum Gasteiger partial charge on any atom is 0.153 e. The van der Waals surface area contributed by atoms with Gasteiger partial charge in [-0.25, -0.2) is 14.9 Å². The molecule has 0 aliphatic rings. The normalized spacial score (nSPS) is 9.07. The van der Waals surface area contributed by atoms with Crippen molar-refractivity contribution < 1.29 is 19.1 Å². The van der Waals surface area contributed by atoms with Gasteiger partial charge >= 0.3 is 0 Å². The highest BCUT2D eigenvalue weighted by molar-refractivity contribution is 5.84. The third-order valence-electron chi connectivity index (χ3n) is 2.88. The van der Waals surface area contributed by atoms with Crippen LogP contribution in [0.5, 0.6) is 0 Å². The number of nitriles is 1. The fraction of sp³-hybridized carbons (Fsp3) is 0.316. The van der Waals surface area contributed by atoms with Crippen LogP contribution < -0.4 is 10.8 Å². The Balaban J connectivity index is 0.000000722. The predicted molar refractivity (Wildman–Crippen MR) is 102 cm³/mol. The van der Waals surface area contributed by atoms with E-state index in [-0.39, 0.29) is 29.4 Å². The molecule has 0 saturated heterocycles. The number of aliphatic hydroxyl groups is 1. The third kappa shape index (κ3) is 8.87. The van der Waals surface area contributed by atoms with E-state index in [0.717, 1.165) is 5.56 Å². The first kappa shape index (κ1) is 24.1. The second kappa shape index (κ2) is 14.3. The lowest BCUT2D eigenvalue weighted by Gasteiger charge is -2.09. The fourth-order valence-corrected chi connectivity index (χ4v) is 1.72. The molecule has 0 radical (unpaired) electrons. The fourth-order valence-electron chi connectivity index (χ4n) is 1.72. The van der Waals surface area contributed by atoms with Gasteiger partial charge < -0.3 is 10.4 Å². The van der Waals surface area contributed by atoms with E-state index in [1.165, 1.54) is 18.2 Å². The smallest absolute Gasteiger partial charge is 0.153 e. The Kier molecular flexibility index (Phi) is 12.8. The number of pyridine rings is 1. The van der Waals surface area contributed by atoms with E-state index in [0.29, 0.717) is 12.9 Å². The molecule has 0 saturated carbocycles. The SMILES string of the molecule is CC.CNOCCO.Cc1ccc(Nc2nc(C#N)ccc2C=O)c(F)c1. The average Bonchev–Trinajstić information content (AvgIpc) is 2.70. The Morgan fingerprint density at radius 3 is 2.52 bits per heavy atom. The highest BCUT2D eigenvalue weighted by Crippen LogP contribution is 2.21. The number of carbonyl (C=O) groups excluding carboxylic acids is 1. The number of aromatic nitrogens is 1. The molecule has 7 nitrogen and oxygen atoms in total. The molecule has 2 rings (SSSR count). The molecule has 0 aliphatic carbocycles. The van der Waals surface area contributed by atoms with Crippen molar-refractivity contribution in [3.8, 4) is 6.07 Å². The van der Waals surface area contributed by atoms with Crippen LogP contribution >= 0.6 is 0 Å². The summed E-state index contributed by atoms with van der Waals surface area (Å²) in [6.07, 6.45) is 0.600. The number of aldehydes is 1. The largest absolute Gasteiger partial charge is 0.394 e. The summed E-state index contributed by atoms with van der Waals surface area (Å²) in [5.74, 6) is -0.280. The summed E-state index contributed by atoms with van der Waals surface area (Å²) in [5.41, 5.74) is 3.82. The van der Waals surface area contributed by atoms with Gasteiger partial charge in [0.05, 0.1) is 24.5 Å². The number of nitrogens with one attached hydrogen (secondary N) is 2. The summed E-state index contributed by atoms with van der Waals surface area (Å²) in [4.78, 5) is 19.3. The summed E-state index contributed by atoms with van der Waals surface area (Å²) in [6.45, 7) is 6.20. The van der Waals surface area contributed by atoms with Gasteiger partial charge in [0.1, 0.15) is 23.4 Å². The van der Waals surface area contributed by atoms with Gasteiger partial charge in [-0.05, 0) is 36.8 Å². The molecule has 0 bridgehead atoms. The number of aliphatic hydroxyl groups excluding tert-OH is 1. The lowest BCUT2D eigenvalue weighted by molar-refractivity contribution is 0.0314. The highest BCUT2D eigenvalue weighted by Gasteiger charge is 2.08. The number of anilines is 2. The minimum atomic E-state index is -0.444. The van der Waals surface area contributed by atoms with Crippen LogP contribution in [0.2, 0.25) is 0 Å². The summed E-state index contributed by atoms with van der Waals surface area (Å²) in [7, 11) is 1.65. The average molecular weight is 376 g/mol. The number of hydrogen-bond acceptors (Lipinski definition) is 7. The second-order valence-corrected chi connectivity index (χ2v) is 4.75. The van der Waals surface area contributed by atoms with E-state index in [4.69, 9.17) is 10.4 Å². The molecule has 27 heavy (non-hydrogen) atoms. The summed E-state index contributed by atoms with van der Waals surface area (Å²) in [5, 5.41) is 19.5. The molecule has 0 fully saturated rings. The van der Waals surface area contributed by atoms with Crippen LogP contribution in [-0.2, 0) is 4.84 Å². The van der Waals surface area contributed by atoms with Crippen molar-refractivity contribution >= 4 is 17.8 Å². The highest BCUT2D eigenvalue weighted by atomic mass is 19.1. The molecular formula is C19H25FN4O3. The van der Waals surface area contributed by atoms with Crippen molar-refractivity contribution in [3.63, 3.8) is 0 Å².